The lowest BCUT2D eigenvalue weighted by Crippen LogP contribution is -2.43. The fourth-order valence-electron chi connectivity index (χ4n) is 1.83. The fourth-order valence-corrected chi connectivity index (χ4v) is 2.33. The third kappa shape index (κ3) is 3.95. The molecule has 19 heavy (non-hydrogen) atoms. The molecule has 0 bridgehead atoms. The van der Waals surface area contributed by atoms with Gasteiger partial charge >= 0.3 is 0 Å². The Labute approximate surface area is 117 Å². The quantitative estimate of drug-likeness (QED) is 0.889. The van der Waals surface area contributed by atoms with Crippen LogP contribution >= 0.6 is 15.9 Å². The second-order valence-electron chi connectivity index (χ2n) is 4.22. The summed E-state index contributed by atoms with van der Waals surface area (Å²) in [6.07, 6.45) is 0.170. The summed E-state index contributed by atoms with van der Waals surface area (Å²) in [7, 11) is 0. The summed E-state index contributed by atoms with van der Waals surface area (Å²) in [6.45, 7) is 1.75. The van der Waals surface area contributed by atoms with E-state index >= 15 is 0 Å². The summed E-state index contributed by atoms with van der Waals surface area (Å²) in [5, 5.41) is 5.55. The van der Waals surface area contributed by atoms with E-state index in [0.717, 1.165) is 12.1 Å². The van der Waals surface area contributed by atoms with Gasteiger partial charge in [-0.2, -0.15) is 0 Å². The Bertz CT molecular complexity index is 456. The summed E-state index contributed by atoms with van der Waals surface area (Å²) in [4.78, 5) is 11.8. The van der Waals surface area contributed by atoms with Crippen LogP contribution in [0, 0.1) is 11.6 Å². The highest BCUT2D eigenvalue weighted by atomic mass is 79.9. The van der Waals surface area contributed by atoms with E-state index in [4.69, 9.17) is 4.74 Å². The number of carbonyl (C=O) groups is 1. The Morgan fingerprint density at radius 3 is 2.95 bits per heavy atom. The molecule has 4 nitrogen and oxygen atoms in total. The number of hydrogen-bond acceptors (Lipinski definition) is 3. The van der Waals surface area contributed by atoms with Gasteiger partial charge in [-0.15, -0.1) is 0 Å². The predicted octanol–water partition coefficient (Wildman–Crippen LogP) is 2.04. The lowest BCUT2D eigenvalue weighted by Gasteiger charge is -2.23. The van der Waals surface area contributed by atoms with Crippen molar-refractivity contribution in [3.05, 3.63) is 28.2 Å². The van der Waals surface area contributed by atoms with Crippen molar-refractivity contribution in [3.8, 4) is 0 Å². The maximum atomic E-state index is 13.5. The van der Waals surface area contributed by atoms with Crippen LogP contribution in [0.5, 0.6) is 0 Å². The molecular formula is C12H13BrF2N2O2. The van der Waals surface area contributed by atoms with Crippen molar-refractivity contribution in [1.82, 2.24) is 5.32 Å². The molecule has 1 saturated heterocycles. The van der Waals surface area contributed by atoms with E-state index in [9.17, 15) is 13.6 Å². The molecule has 2 N–H and O–H groups in total. The summed E-state index contributed by atoms with van der Waals surface area (Å²) < 4.78 is 31.8. The molecule has 1 fully saturated rings. The van der Waals surface area contributed by atoms with Gasteiger partial charge in [-0.3, -0.25) is 4.79 Å². The molecule has 1 unspecified atom stereocenters. The van der Waals surface area contributed by atoms with Crippen molar-refractivity contribution in [2.45, 2.75) is 12.5 Å². The normalized spacial score (nSPS) is 19.2. The number of benzene rings is 1. The molecule has 0 saturated carbocycles. The van der Waals surface area contributed by atoms with Crippen LogP contribution in [0.25, 0.3) is 0 Å². The van der Waals surface area contributed by atoms with E-state index in [1.807, 2.05) is 0 Å². The molecular weight excluding hydrogens is 322 g/mol. The van der Waals surface area contributed by atoms with Gasteiger partial charge in [0.05, 0.1) is 18.9 Å². The zero-order valence-electron chi connectivity index (χ0n) is 10.0. The summed E-state index contributed by atoms with van der Waals surface area (Å²) in [6, 6.07) is 1.74. The van der Waals surface area contributed by atoms with Crippen LogP contribution in [0.3, 0.4) is 0 Å². The Morgan fingerprint density at radius 2 is 2.32 bits per heavy atom. The van der Waals surface area contributed by atoms with Crippen LogP contribution < -0.4 is 10.6 Å². The smallest absolute Gasteiger partial charge is 0.226 e. The van der Waals surface area contributed by atoms with E-state index in [1.54, 1.807) is 0 Å². The van der Waals surface area contributed by atoms with Crippen molar-refractivity contribution in [2.24, 2.45) is 0 Å². The molecule has 7 heteroatoms. The number of anilines is 1. The van der Waals surface area contributed by atoms with Gasteiger partial charge in [-0.1, -0.05) is 0 Å². The highest BCUT2D eigenvalue weighted by Crippen LogP contribution is 2.27. The molecule has 1 heterocycles. The molecule has 0 aliphatic carbocycles. The summed E-state index contributed by atoms with van der Waals surface area (Å²) in [5.41, 5.74) is -0.0527. The van der Waals surface area contributed by atoms with Gasteiger partial charge in [0.2, 0.25) is 5.91 Å². The van der Waals surface area contributed by atoms with Crippen molar-refractivity contribution >= 4 is 27.5 Å². The number of hydrogen-bond donors (Lipinski definition) is 2. The van der Waals surface area contributed by atoms with E-state index in [2.05, 4.69) is 26.6 Å². The van der Waals surface area contributed by atoms with E-state index in [0.29, 0.717) is 19.8 Å². The number of amides is 1. The van der Waals surface area contributed by atoms with Crippen LogP contribution in [0.2, 0.25) is 0 Å². The average Bonchev–Trinajstić information content (AvgIpc) is 2.35. The molecule has 2 rings (SSSR count). The van der Waals surface area contributed by atoms with Gasteiger partial charge < -0.3 is 15.4 Å². The largest absolute Gasteiger partial charge is 0.378 e. The molecule has 1 aliphatic heterocycles. The Balaban J connectivity index is 1.98. The summed E-state index contributed by atoms with van der Waals surface area (Å²) in [5.74, 6) is -1.87. The Morgan fingerprint density at radius 1 is 1.53 bits per heavy atom. The molecule has 1 aromatic carbocycles. The SMILES string of the molecule is O=C(CC1COCCN1)Nc1c(F)cc(F)cc1Br. The summed E-state index contributed by atoms with van der Waals surface area (Å²) >= 11 is 3.02. The zero-order chi connectivity index (χ0) is 13.8. The maximum absolute atomic E-state index is 13.5. The minimum atomic E-state index is -0.812. The molecule has 104 valence electrons. The van der Waals surface area contributed by atoms with Gasteiger partial charge in [-0.25, -0.2) is 8.78 Å². The minimum absolute atomic E-state index is 0.0527. The van der Waals surface area contributed by atoms with Crippen LogP contribution in [0.1, 0.15) is 6.42 Å². The predicted molar refractivity (Wildman–Crippen MR) is 69.9 cm³/mol. The number of nitrogens with one attached hydrogen (secondary N) is 2. The first-order chi connectivity index (χ1) is 9.06. The van der Waals surface area contributed by atoms with Crippen LogP contribution in [-0.2, 0) is 9.53 Å². The van der Waals surface area contributed by atoms with Crippen molar-refractivity contribution in [3.63, 3.8) is 0 Å². The minimum Gasteiger partial charge on any atom is -0.378 e. The van der Waals surface area contributed by atoms with E-state index in [1.165, 1.54) is 0 Å². The van der Waals surface area contributed by atoms with Gasteiger partial charge in [0.15, 0.2) is 5.82 Å². The first-order valence-electron chi connectivity index (χ1n) is 5.82. The van der Waals surface area contributed by atoms with Gasteiger partial charge in [0.25, 0.3) is 0 Å². The highest BCUT2D eigenvalue weighted by molar-refractivity contribution is 9.10. The molecule has 1 aromatic rings. The molecule has 1 aliphatic rings. The Kier molecular flexibility index (Phi) is 4.84. The first-order valence-corrected chi connectivity index (χ1v) is 6.61. The number of carbonyl (C=O) groups excluding carboxylic acids is 1. The number of rotatable bonds is 3. The second-order valence-corrected chi connectivity index (χ2v) is 5.08. The van der Waals surface area contributed by atoms with Crippen molar-refractivity contribution < 1.29 is 18.3 Å². The van der Waals surface area contributed by atoms with Crippen LogP contribution in [-0.4, -0.2) is 31.7 Å². The molecule has 0 spiro atoms. The van der Waals surface area contributed by atoms with Gasteiger partial charge in [-0.05, 0) is 22.0 Å². The number of ether oxygens (including phenoxy) is 1. The third-order valence-electron chi connectivity index (χ3n) is 2.70. The molecule has 1 atom stereocenters. The molecule has 0 aromatic heterocycles. The number of morpholine rings is 1. The first kappa shape index (κ1) is 14.4. The lowest BCUT2D eigenvalue weighted by molar-refractivity contribution is -0.117. The second kappa shape index (κ2) is 6.40. The van der Waals surface area contributed by atoms with Crippen LogP contribution in [0.15, 0.2) is 16.6 Å². The lowest BCUT2D eigenvalue weighted by atomic mass is 10.2. The van der Waals surface area contributed by atoms with E-state index in [-0.39, 0.29) is 28.5 Å². The number of halogens is 3. The monoisotopic (exact) mass is 334 g/mol. The molecule has 0 radical (unpaired) electrons. The maximum Gasteiger partial charge on any atom is 0.226 e. The third-order valence-corrected chi connectivity index (χ3v) is 3.33. The standard InChI is InChI=1S/C12H13BrF2N2O2/c13-9-3-7(14)4-10(15)12(9)17-11(18)5-8-6-19-2-1-16-8/h3-4,8,16H,1-2,5-6H2,(H,17,18). The average molecular weight is 335 g/mol. The van der Waals surface area contributed by atoms with Gasteiger partial charge in [0.1, 0.15) is 5.82 Å². The zero-order valence-corrected chi connectivity index (χ0v) is 11.6. The van der Waals surface area contributed by atoms with E-state index < -0.39 is 11.6 Å². The highest BCUT2D eigenvalue weighted by Gasteiger charge is 2.19. The van der Waals surface area contributed by atoms with Gasteiger partial charge in [0, 0.05) is 29.5 Å². The fraction of sp³-hybridized carbons (Fsp3) is 0.417. The van der Waals surface area contributed by atoms with Crippen LogP contribution in [0.4, 0.5) is 14.5 Å². The molecule has 1 amide bonds. The van der Waals surface area contributed by atoms with Crippen molar-refractivity contribution in [2.75, 3.05) is 25.1 Å². The van der Waals surface area contributed by atoms with Crippen molar-refractivity contribution in [1.29, 1.82) is 0 Å². The topological polar surface area (TPSA) is 50.4 Å². The Hall–Kier alpha value is -1.05.